The van der Waals surface area contributed by atoms with Crippen molar-refractivity contribution < 1.29 is 4.74 Å². The van der Waals surface area contributed by atoms with Crippen molar-refractivity contribution in [3.05, 3.63) is 21.1 Å². The molecule has 1 heterocycles. The third kappa shape index (κ3) is 2.46. The number of nitrogens with zero attached hydrogens (tertiary/aromatic N) is 2. The fourth-order valence-corrected chi connectivity index (χ4v) is 3.33. The van der Waals surface area contributed by atoms with Gasteiger partial charge in [0.05, 0.1) is 0 Å². The first kappa shape index (κ1) is 12.5. The van der Waals surface area contributed by atoms with E-state index in [0.717, 1.165) is 27.9 Å². The molecule has 1 fully saturated rings. The van der Waals surface area contributed by atoms with E-state index in [9.17, 15) is 0 Å². The van der Waals surface area contributed by atoms with Crippen LogP contribution in [0.2, 0.25) is 0 Å². The van der Waals surface area contributed by atoms with Crippen LogP contribution in [-0.4, -0.2) is 16.6 Å². The average Bonchev–Trinajstić information content (AvgIpc) is 2.66. The molecule has 0 radical (unpaired) electrons. The largest absolute Gasteiger partial charge is 0.367 e. The van der Waals surface area contributed by atoms with Crippen molar-refractivity contribution >= 4 is 31.9 Å². The van der Waals surface area contributed by atoms with Crippen LogP contribution < -0.4 is 0 Å². The summed E-state index contributed by atoms with van der Waals surface area (Å²) in [6.45, 7) is 2.72. The van der Waals surface area contributed by atoms with Gasteiger partial charge in [0.25, 0.3) is 0 Å². The van der Waals surface area contributed by atoms with Crippen molar-refractivity contribution in [3.8, 4) is 0 Å². The van der Waals surface area contributed by atoms with Gasteiger partial charge in [-0.25, -0.2) is 9.97 Å². The van der Waals surface area contributed by atoms with Gasteiger partial charge >= 0.3 is 0 Å². The molecule has 2 rings (SSSR count). The maximum absolute atomic E-state index is 5.92. The molecule has 5 heteroatoms. The van der Waals surface area contributed by atoms with E-state index in [1.54, 1.807) is 0 Å². The fourth-order valence-electron chi connectivity index (χ4n) is 2.25. The predicted octanol–water partition coefficient (Wildman–Crippen LogP) is 3.81. The maximum Gasteiger partial charge on any atom is 0.162 e. The highest BCUT2D eigenvalue weighted by Crippen LogP contribution is 2.41. The molecule has 0 spiro atoms. The minimum atomic E-state index is -0.263. The molecule has 0 atom stereocenters. The smallest absolute Gasteiger partial charge is 0.162 e. The lowest BCUT2D eigenvalue weighted by molar-refractivity contribution is -0.0459. The van der Waals surface area contributed by atoms with Crippen LogP contribution in [0.25, 0.3) is 0 Å². The van der Waals surface area contributed by atoms with E-state index in [1.165, 1.54) is 12.8 Å². The Morgan fingerprint density at radius 2 is 1.81 bits per heavy atom. The third-order valence-corrected chi connectivity index (χ3v) is 3.72. The molecule has 1 aliphatic rings. The number of hydrogen-bond donors (Lipinski definition) is 0. The van der Waals surface area contributed by atoms with Gasteiger partial charge in [-0.05, 0) is 64.5 Å². The number of halogens is 2. The quantitative estimate of drug-likeness (QED) is 0.778. The SMILES string of the molecule is CCOC1(c2nc(Br)cc(Br)n2)CCCC1. The van der Waals surface area contributed by atoms with Gasteiger partial charge in [-0.2, -0.15) is 0 Å². The third-order valence-electron chi connectivity index (χ3n) is 2.90. The lowest BCUT2D eigenvalue weighted by atomic mass is 10.0. The van der Waals surface area contributed by atoms with Gasteiger partial charge in [0.1, 0.15) is 14.8 Å². The second-order valence-electron chi connectivity index (χ2n) is 3.97. The first-order valence-electron chi connectivity index (χ1n) is 5.51. The molecule has 0 amide bonds. The molecule has 1 saturated carbocycles. The molecule has 0 aliphatic heterocycles. The van der Waals surface area contributed by atoms with Crippen molar-refractivity contribution in [2.45, 2.75) is 38.2 Å². The van der Waals surface area contributed by atoms with Crippen molar-refractivity contribution in [1.82, 2.24) is 9.97 Å². The lowest BCUT2D eigenvalue weighted by Crippen LogP contribution is -2.29. The van der Waals surface area contributed by atoms with Gasteiger partial charge in [0.2, 0.25) is 0 Å². The second kappa shape index (κ2) is 5.10. The topological polar surface area (TPSA) is 35.0 Å². The predicted molar refractivity (Wildman–Crippen MR) is 69.2 cm³/mol. The van der Waals surface area contributed by atoms with Crippen LogP contribution in [0, 0.1) is 0 Å². The van der Waals surface area contributed by atoms with E-state index in [-0.39, 0.29) is 5.60 Å². The van der Waals surface area contributed by atoms with Crippen LogP contribution in [-0.2, 0) is 10.3 Å². The Kier molecular flexibility index (Phi) is 3.97. The first-order valence-corrected chi connectivity index (χ1v) is 7.09. The molecule has 88 valence electrons. The molecule has 16 heavy (non-hydrogen) atoms. The van der Waals surface area contributed by atoms with Gasteiger partial charge in [-0.15, -0.1) is 0 Å². The lowest BCUT2D eigenvalue weighted by Gasteiger charge is -2.27. The number of aromatic nitrogens is 2. The minimum Gasteiger partial charge on any atom is -0.367 e. The summed E-state index contributed by atoms with van der Waals surface area (Å²) in [6, 6.07) is 1.85. The standard InChI is InChI=1S/C11H14Br2N2O/c1-2-16-11(5-3-4-6-11)10-14-8(12)7-9(13)15-10/h7H,2-6H2,1H3. The molecule has 0 saturated heterocycles. The molecule has 1 aliphatic carbocycles. The summed E-state index contributed by atoms with van der Waals surface area (Å²) < 4.78 is 7.52. The summed E-state index contributed by atoms with van der Waals surface area (Å²) in [5.74, 6) is 0.799. The number of ether oxygens (including phenoxy) is 1. The van der Waals surface area contributed by atoms with Crippen LogP contribution in [0.4, 0.5) is 0 Å². The zero-order chi connectivity index (χ0) is 11.6. The number of rotatable bonds is 3. The monoisotopic (exact) mass is 348 g/mol. The van der Waals surface area contributed by atoms with E-state index < -0.39 is 0 Å². The molecular formula is C11H14Br2N2O. The first-order chi connectivity index (χ1) is 7.66. The summed E-state index contributed by atoms with van der Waals surface area (Å²) in [5.41, 5.74) is -0.263. The molecule has 0 aromatic carbocycles. The van der Waals surface area contributed by atoms with Crippen LogP contribution in [0.5, 0.6) is 0 Å². The summed E-state index contributed by atoms with van der Waals surface area (Å²) in [5, 5.41) is 0. The second-order valence-corrected chi connectivity index (χ2v) is 5.60. The molecule has 0 unspecified atom stereocenters. The maximum atomic E-state index is 5.92. The highest BCUT2D eigenvalue weighted by Gasteiger charge is 2.39. The van der Waals surface area contributed by atoms with Gasteiger partial charge < -0.3 is 4.74 Å². The van der Waals surface area contributed by atoms with Crippen molar-refractivity contribution in [2.24, 2.45) is 0 Å². The molecule has 1 aromatic rings. The fraction of sp³-hybridized carbons (Fsp3) is 0.636. The van der Waals surface area contributed by atoms with Gasteiger partial charge in [-0.1, -0.05) is 0 Å². The van der Waals surface area contributed by atoms with E-state index >= 15 is 0 Å². The summed E-state index contributed by atoms with van der Waals surface area (Å²) in [7, 11) is 0. The van der Waals surface area contributed by atoms with E-state index in [1.807, 2.05) is 13.0 Å². The summed E-state index contributed by atoms with van der Waals surface area (Å²) in [6.07, 6.45) is 4.41. The normalized spacial score (nSPS) is 18.9. The zero-order valence-electron chi connectivity index (χ0n) is 9.17. The zero-order valence-corrected chi connectivity index (χ0v) is 12.3. The highest BCUT2D eigenvalue weighted by molar-refractivity contribution is 9.11. The Morgan fingerprint density at radius 1 is 1.25 bits per heavy atom. The minimum absolute atomic E-state index is 0.263. The van der Waals surface area contributed by atoms with Gasteiger partial charge in [0.15, 0.2) is 5.82 Å². The van der Waals surface area contributed by atoms with Crippen molar-refractivity contribution in [3.63, 3.8) is 0 Å². The van der Waals surface area contributed by atoms with E-state index in [0.29, 0.717) is 6.61 Å². The van der Waals surface area contributed by atoms with Crippen molar-refractivity contribution in [1.29, 1.82) is 0 Å². The molecular weight excluding hydrogens is 336 g/mol. The summed E-state index contributed by atoms with van der Waals surface area (Å²) in [4.78, 5) is 8.91. The number of hydrogen-bond acceptors (Lipinski definition) is 3. The molecule has 1 aromatic heterocycles. The van der Waals surface area contributed by atoms with Gasteiger partial charge in [0, 0.05) is 12.7 Å². The Balaban J connectivity index is 2.38. The van der Waals surface area contributed by atoms with Crippen molar-refractivity contribution in [2.75, 3.05) is 6.61 Å². The van der Waals surface area contributed by atoms with E-state index in [4.69, 9.17) is 4.74 Å². The molecule has 0 bridgehead atoms. The Hall–Kier alpha value is -0.0000000000000000555. The van der Waals surface area contributed by atoms with Crippen LogP contribution in [0.3, 0.4) is 0 Å². The Morgan fingerprint density at radius 3 is 2.31 bits per heavy atom. The molecule has 3 nitrogen and oxygen atoms in total. The van der Waals surface area contributed by atoms with E-state index in [2.05, 4.69) is 41.8 Å². The van der Waals surface area contributed by atoms with Crippen LogP contribution in [0.1, 0.15) is 38.4 Å². The van der Waals surface area contributed by atoms with Gasteiger partial charge in [-0.3, -0.25) is 0 Å². The van der Waals surface area contributed by atoms with Crippen LogP contribution in [0.15, 0.2) is 15.3 Å². The molecule has 0 N–H and O–H groups in total. The van der Waals surface area contributed by atoms with Crippen LogP contribution >= 0.6 is 31.9 Å². The Labute approximate surface area is 112 Å². The Bertz CT molecular complexity index is 358. The summed E-state index contributed by atoms with van der Waals surface area (Å²) >= 11 is 6.80. The average molecular weight is 350 g/mol. The highest BCUT2D eigenvalue weighted by atomic mass is 79.9.